The van der Waals surface area contributed by atoms with Crippen molar-refractivity contribution in [2.24, 2.45) is 0 Å². The summed E-state index contributed by atoms with van der Waals surface area (Å²) in [6, 6.07) is 3.41. The molecule has 37 heavy (non-hydrogen) atoms. The summed E-state index contributed by atoms with van der Waals surface area (Å²) in [6.45, 7) is 8.24. The van der Waals surface area contributed by atoms with Gasteiger partial charge in [-0.2, -0.15) is 0 Å². The number of carbonyl (C=O) groups excluding carboxylic acids is 1. The molecule has 9 heteroatoms. The number of hydrogen-bond acceptors (Lipinski definition) is 8. The lowest BCUT2D eigenvalue weighted by Gasteiger charge is -2.40. The van der Waals surface area contributed by atoms with Gasteiger partial charge in [-0.1, -0.05) is 23.3 Å². The normalized spacial score (nSPS) is 23.8. The van der Waals surface area contributed by atoms with Gasteiger partial charge in [-0.25, -0.2) is 4.79 Å². The second kappa shape index (κ2) is 13.5. The maximum atomic E-state index is 13.0. The fraction of sp³-hybridized carbons (Fsp3) is 0.607. The van der Waals surface area contributed by atoms with Gasteiger partial charge in [-0.05, 0) is 63.8 Å². The number of hydrogen-bond donors (Lipinski definition) is 4. The summed E-state index contributed by atoms with van der Waals surface area (Å²) in [4.78, 5) is 13.0. The Morgan fingerprint density at radius 1 is 0.946 bits per heavy atom. The fourth-order valence-corrected chi connectivity index (χ4v) is 3.73. The van der Waals surface area contributed by atoms with Gasteiger partial charge in [0.25, 0.3) is 0 Å². The highest BCUT2D eigenvalue weighted by Crippen LogP contribution is 2.33. The lowest BCUT2D eigenvalue weighted by Crippen LogP contribution is -2.60. The molecule has 1 heterocycles. The first-order valence-electron chi connectivity index (χ1n) is 12.6. The summed E-state index contributed by atoms with van der Waals surface area (Å²) in [5.41, 5.74) is 3.88. The first kappa shape index (κ1) is 31.0. The van der Waals surface area contributed by atoms with Crippen LogP contribution in [-0.4, -0.2) is 102 Å². The minimum Gasteiger partial charge on any atom is -0.461 e. The van der Waals surface area contributed by atoms with Crippen LogP contribution in [0.25, 0.3) is 0 Å². The molecule has 1 aliphatic heterocycles. The van der Waals surface area contributed by atoms with Crippen LogP contribution in [0.5, 0.6) is 5.75 Å². The predicted octanol–water partition coefficient (Wildman–Crippen LogP) is 1.75. The molecule has 0 radical (unpaired) electrons. The Morgan fingerprint density at radius 3 is 1.95 bits per heavy atom. The molecule has 5 atom stereocenters. The van der Waals surface area contributed by atoms with Crippen LogP contribution in [0.15, 0.2) is 35.4 Å². The maximum Gasteiger partial charge on any atom is 0.338 e. The van der Waals surface area contributed by atoms with Crippen LogP contribution in [-0.2, 0) is 22.3 Å². The summed E-state index contributed by atoms with van der Waals surface area (Å²) >= 11 is 0. The lowest BCUT2D eigenvalue weighted by molar-refractivity contribution is -0.870. The number of nitrogens with zero attached hydrogens (tertiary/aromatic N) is 1. The average molecular weight is 523 g/mol. The van der Waals surface area contributed by atoms with Gasteiger partial charge in [-0.15, -0.1) is 0 Å². The summed E-state index contributed by atoms with van der Waals surface area (Å²) in [7, 11) is 6.07. The van der Waals surface area contributed by atoms with Crippen molar-refractivity contribution in [1.82, 2.24) is 0 Å². The number of ether oxygens (including phenoxy) is 3. The molecular formula is C28H44NO8+. The number of aliphatic hydroxyl groups excluding tert-OH is 4. The molecule has 1 aromatic rings. The monoisotopic (exact) mass is 522 g/mol. The quantitative estimate of drug-likeness (QED) is 0.197. The third kappa shape index (κ3) is 9.21. The number of benzene rings is 1. The zero-order valence-corrected chi connectivity index (χ0v) is 23.1. The van der Waals surface area contributed by atoms with E-state index in [9.17, 15) is 25.2 Å². The Kier molecular flexibility index (Phi) is 11.3. The highest BCUT2D eigenvalue weighted by molar-refractivity contribution is 5.90. The fourth-order valence-electron chi connectivity index (χ4n) is 3.73. The molecule has 1 aromatic carbocycles. The molecule has 4 N–H and O–H groups in total. The van der Waals surface area contributed by atoms with Gasteiger partial charge in [0.15, 0.2) is 0 Å². The van der Waals surface area contributed by atoms with Crippen LogP contribution in [0.4, 0.5) is 0 Å². The van der Waals surface area contributed by atoms with E-state index in [1.165, 1.54) is 0 Å². The highest BCUT2D eigenvalue weighted by Gasteiger charge is 2.45. The van der Waals surface area contributed by atoms with Crippen molar-refractivity contribution in [3.8, 4) is 5.75 Å². The van der Waals surface area contributed by atoms with Gasteiger partial charge in [-0.3, -0.25) is 0 Å². The number of allylic oxidation sites excluding steroid dienone is 4. The Bertz CT molecular complexity index is 930. The molecule has 0 spiro atoms. The smallest absolute Gasteiger partial charge is 0.338 e. The number of esters is 1. The molecule has 0 aliphatic carbocycles. The first-order valence-corrected chi connectivity index (χ1v) is 12.6. The summed E-state index contributed by atoms with van der Waals surface area (Å²) in [6.07, 6.45) is -2.17. The van der Waals surface area contributed by atoms with Crippen molar-refractivity contribution in [3.63, 3.8) is 0 Å². The van der Waals surface area contributed by atoms with Crippen molar-refractivity contribution >= 4 is 5.97 Å². The van der Waals surface area contributed by atoms with Crippen molar-refractivity contribution in [3.05, 3.63) is 52.1 Å². The third-order valence-electron chi connectivity index (χ3n) is 6.02. The second-order valence-electron chi connectivity index (χ2n) is 11.1. The van der Waals surface area contributed by atoms with Crippen LogP contribution < -0.4 is 4.74 Å². The van der Waals surface area contributed by atoms with Crippen LogP contribution in [0, 0.1) is 0 Å². The lowest BCUT2D eigenvalue weighted by atomic mass is 9.97. The molecule has 0 aromatic heterocycles. The molecule has 1 aliphatic rings. The third-order valence-corrected chi connectivity index (χ3v) is 6.02. The van der Waals surface area contributed by atoms with Crippen LogP contribution in [0.2, 0.25) is 0 Å². The van der Waals surface area contributed by atoms with Gasteiger partial charge in [0.1, 0.15) is 43.3 Å². The molecule has 208 valence electrons. The summed E-state index contributed by atoms with van der Waals surface area (Å²) < 4.78 is 18.0. The van der Waals surface area contributed by atoms with E-state index in [0.29, 0.717) is 46.3 Å². The molecule has 2 rings (SSSR count). The predicted molar refractivity (Wildman–Crippen MR) is 140 cm³/mol. The van der Waals surface area contributed by atoms with E-state index in [-0.39, 0.29) is 6.61 Å². The molecule has 0 bridgehead atoms. The topological polar surface area (TPSA) is 126 Å². The van der Waals surface area contributed by atoms with E-state index in [1.807, 2.05) is 61.0 Å². The number of aliphatic hydroxyl groups is 4. The largest absolute Gasteiger partial charge is 0.461 e. The molecule has 0 amide bonds. The summed E-state index contributed by atoms with van der Waals surface area (Å²) in [5.74, 6) is -0.0352. The first-order chi connectivity index (χ1) is 17.2. The van der Waals surface area contributed by atoms with Gasteiger partial charge in [0.05, 0.1) is 33.3 Å². The minimum absolute atomic E-state index is 0.276. The highest BCUT2D eigenvalue weighted by atomic mass is 16.7. The zero-order chi connectivity index (χ0) is 27.9. The van der Waals surface area contributed by atoms with E-state index >= 15 is 0 Å². The molecule has 1 fully saturated rings. The van der Waals surface area contributed by atoms with Gasteiger partial charge in [0, 0.05) is 0 Å². The van der Waals surface area contributed by atoms with Crippen LogP contribution in [0.1, 0.15) is 49.2 Å². The minimum atomic E-state index is -1.56. The van der Waals surface area contributed by atoms with Crippen molar-refractivity contribution in [1.29, 1.82) is 0 Å². The van der Waals surface area contributed by atoms with Crippen molar-refractivity contribution in [2.75, 3.05) is 40.9 Å². The van der Waals surface area contributed by atoms with Gasteiger partial charge >= 0.3 is 5.97 Å². The standard InChI is InChI=1S/C28H44NO8/c1-17(2)8-10-19-14-21(27(34)35-13-12-29(5,6)7)15-20(11-9-18(3)4)26(19)37-28-25(33)24(32)23(31)22(16-30)36-28/h8-9,14-15,22-25,28,30-33H,10-13,16H2,1-7H3/q+1/t22-,23-,24+,25-,28+/m1/s1. The van der Waals surface area contributed by atoms with Crippen LogP contribution >= 0.6 is 0 Å². The second-order valence-corrected chi connectivity index (χ2v) is 11.1. The number of rotatable bonds is 11. The van der Waals surface area contributed by atoms with E-state index in [2.05, 4.69) is 0 Å². The molecule has 0 saturated carbocycles. The Labute approximate surface area is 220 Å². The Morgan fingerprint density at radius 2 is 1.49 bits per heavy atom. The Balaban J connectivity index is 2.51. The SMILES string of the molecule is CC(C)=CCc1cc(C(=O)OCC[N+](C)(C)C)cc(CC=C(C)C)c1O[C@@H]1O[C@H](CO)[C@@H](O)[C@H](O)[C@H]1O. The van der Waals surface area contributed by atoms with Gasteiger partial charge < -0.3 is 39.1 Å². The van der Waals surface area contributed by atoms with Crippen LogP contribution in [0.3, 0.4) is 0 Å². The van der Waals surface area contributed by atoms with Gasteiger partial charge in [0.2, 0.25) is 6.29 Å². The van der Waals surface area contributed by atoms with Crippen molar-refractivity contribution in [2.45, 2.75) is 71.2 Å². The molecule has 9 nitrogen and oxygen atoms in total. The van der Waals surface area contributed by atoms with E-state index in [1.54, 1.807) is 12.1 Å². The zero-order valence-electron chi connectivity index (χ0n) is 23.1. The molecular weight excluding hydrogens is 478 g/mol. The Hall–Kier alpha value is -2.27. The molecule has 1 saturated heterocycles. The summed E-state index contributed by atoms with van der Waals surface area (Å²) in [5, 5.41) is 40.5. The van der Waals surface area contributed by atoms with E-state index in [4.69, 9.17) is 14.2 Å². The average Bonchev–Trinajstić information content (AvgIpc) is 2.81. The number of likely N-dealkylation sites (N-methyl/N-ethyl adjacent to an activating group) is 1. The maximum absolute atomic E-state index is 13.0. The number of carbonyl (C=O) groups is 1. The van der Waals surface area contributed by atoms with E-state index in [0.717, 1.165) is 11.1 Å². The van der Waals surface area contributed by atoms with E-state index < -0.39 is 43.3 Å². The van der Waals surface area contributed by atoms with Crippen molar-refractivity contribution < 1.29 is 43.9 Å². The number of quaternary nitrogens is 1. The molecule has 0 unspecified atom stereocenters.